The third-order valence-electron chi connectivity index (χ3n) is 6.29. The number of hydrogen-bond acceptors (Lipinski definition) is 4. The van der Waals surface area contributed by atoms with Crippen molar-refractivity contribution in [2.24, 2.45) is 5.92 Å². The van der Waals surface area contributed by atoms with Crippen LogP contribution in [0.1, 0.15) is 58.9 Å². The summed E-state index contributed by atoms with van der Waals surface area (Å²) >= 11 is 0. The maximum Gasteiger partial charge on any atom is 0.243 e. The molecule has 1 fully saturated rings. The molecule has 0 unspecified atom stereocenters. The van der Waals surface area contributed by atoms with E-state index in [4.69, 9.17) is 0 Å². The second-order valence-electron chi connectivity index (χ2n) is 9.14. The zero-order valence-electron chi connectivity index (χ0n) is 18.4. The van der Waals surface area contributed by atoms with Crippen molar-refractivity contribution in [3.05, 3.63) is 23.8 Å². The van der Waals surface area contributed by atoms with Gasteiger partial charge in [-0.1, -0.05) is 13.8 Å². The largest absolute Gasteiger partial charge is 0.350 e. The summed E-state index contributed by atoms with van der Waals surface area (Å²) in [5, 5.41) is 2.95. The van der Waals surface area contributed by atoms with Crippen LogP contribution in [0.3, 0.4) is 0 Å². The monoisotopic (exact) mass is 435 g/mol. The fourth-order valence-electron chi connectivity index (χ4n) is 3.89. The van der Waals surface area contributed by atoms with Crippen molar-refractivity contribution >= 4 is 27.5 Å². The van der Waals surface area contributed by atoms with E-state index in [2.05, 4.69) is 12.2 Å². The van der Waals surface area contributed by atoms with Gasteiger partial charge in [-0.25, -0.2) is 8.42 Å². The number of benzene rings is 1. The van der Waals surface area contributed by atoms with E-state index in [1.54, 1.807) is 22.5 Å². The average Bonchev–Trinajstić information content (AvgIpc) is 2.69. The number of amides is 2. The zero-order chi connectivity index (χ0) is 22.1. The number of nitrogens with one attached hydrogen (secondary N) is 1. The highest BCUT2D eigenvalue weighted by molar-refractivity contribution is 7.89. The minimum atomic E-state index is -3.55. The van der Waals surface area contributed by atoms with E-state index < -0.39 is 10.0 Å². The Bertz CT molecular complexity index is 918. The van der Waals surface area contributed by atoms with Gasteiger partial charge in [0.25, 0.3) is 0 Å². The predicted octanol–water partition coefficient (Wildman–Crippen LogP) is 2.69. The van der Waals surface area contributed by atoms with Crippen LogP contribution in [0.4, 0.5) is 5.69 Å². The standard InChI is InChI=1S/C22H33N3O4S/c1-5-22(3,4)23-20(26)15-25-19-8-7-18(14-17(19)6-9-21(25)27)30(28,29)24-12-10-16(2)11-13-24/h7-8,14,16H,5-6,9-13,15H2,1-4H3,(H,23,26). The van der Waals surface area contributed by atoms with Crippen LogP contribution in [0.15, 0.2) is 23.1 Å². The summed E-state index contributed by atoms with van der Waals surface area (Å²) in [5.41, 5.74) is 1.08. The van der Waals surface area contributed by atoms with E-state index in [1.165, 1.54) is 4.90 Å². The number of carbonyl (C=O) groups excluding carboxylic acids is 2. The molecule has 166 valence electrons. The lowest BCUT2D eigenvalue weighted by molar-refractivity contribution is -0.125. The first kappa shape index (κ1) is 22.7. The molecule has 0 spiro atoms. The Labute approximate surface area is 179 Å². The van der Waals surface area contributed by atoms with Crippen molar-refractivity contribution in [3.8, 4) is 0 Å². The lowest BCUT2D eigenvalue weighted by Gasteiger charge is -2.32. The van der Waals surface area contributed by atoms with Crippen LogP contribution in [0.2, 0.25) is 0 Å². The SMILES string of the molecule is CCC(C)(C)NC(=O)CN1C(=O)CCc2cc(S(=O)(=O)N3CCC(C)CC3)ccc21. The first-order valence-electron chi connectivity index (χ1n) is 10.8. The normalized spacial score (nSPS) is 18.9. The summed E-state index contributed by atoms with van der Waals surface area (Å²) in [7, 11) is -3.55. The quantitative estimate of drug-likeness (QED) is 0.744. The summed E-state index contributed by atoms with van der Waals surface area (Å²) < 4.78 is 27.7. The second-order valence-corrected chi connectivity index (χ2v) is 11.1. The summed E-state index contributed by atoms with van der Waals surface area (Å²) in [6.07, 6.45) is 3.26. The fourth-order valence-corrected chi connectivity index (χ4v) is 5.41. The second kappa shape index (κ2) is 8.67. The van der Waals surface area contributed by atoms with Crippen molar-refractivity contribution < 1.29 is 18.0 Å². The summed E-state index contributed by atoms with van der Waals surface area (Å²) in [6, 6.07) is 4.91. The lowest BCUT2D eigenvalue weighted by Crippen LogP contribution is -2.49. The molecule has 0 aromatic heterocycles. The number of aryl methyl sites for hydroxylation is 1. The Balaban J connectivity index is 1.82. The van der Waals surface area contributed by atoms with Crippen molar-refractivity contribution in [1.82, 2.24) is 9.62 Å². The summed E-state index contributed by atoms with van der Waals surface area (Å²) in [4.78, 5) is 26.7. The number of nitrogens with zero attached hydrogens (tertiary/aromatic N) is 2. The Morgan fingerprint density at radius 3 is 2.50 bits per heavy atom. The Kier molecular flexibility index (Phi) is 6.57. The minimum Gasteiger partial charge on any atom is -0.350 e. The fraction of sp³-hybridized carbons (Fsp3) is 0.636. The van der Waals surface area contributed by atoms with Gasteiger partial charge < -0.3 is 10.2 Å². The number of hydrogen-bond donors (Lipinski definition) is 1. The van der Waals surface area contributed by atoms with E-state index >= 15 is 0 Å². The smallest absolute Gasteiger partial charge is 0.243 e. The molecule has 7 nitrogen and oxygen atoms in total. The lowest BCUT2D eigenvalue weighted by atomic mass is 10.0. The van der Waals surface area contributed by atoms with Gasteiger partial charge in [0.15, 0.2) is 0 Å². The molecule has 2 amide bonds. The van der Waals surface area contributed by atoms with E-state index in [0.717, 1.165) is 24.8 Å². The molecule has 2 aliphatic rings. The Morgan fingerprint density at radius 1 is 1.20 bits per heavy atom. The first-order chi connectivity index (χ1) is 14.0. The third kappa shape index (κ3) is 4.86. The average molecular weight is 436 g/mol. The number of carbonyl (C=O) groups is 2. The molecule has 0 aliphatic carbocycles. The van der Waals surface area contributed by atoms with Crippen LogP contribution in [-0.4, -0.2) is 49.7 Å². The molecule has 0 bridgehead atoms. The molecular formula is C22H33N3O4S. The van der Waals surface area contributed by atoms with E-state index in [1.807, 2.05) is 20.8 Å². The Hall–Kier alpha value is -1.93. The van der Waals surface area contributed by atoms with Gasteiger partial charge in [-0.05, 0) is 69.2 Å². The molecular weight excluding hydrogens is 402 g/mol. The summed E-state index contributed by atoms with van der Waals surface area (Å²) in [5.74, 6) is 0.207. The molecule has 0 atom stereocenters. The molecule has 0 saturated carbocycles. The highest BCUT2D eigenvalue weighted by atomic mass is 32.2. The molecule has 8 heteroatoms. The predicted molar refractivity (Wildman–Crippen MR) is 117 cm³/mol. The van der Waals surface area contributed by atoms with Crippen molar-refractivity contribution in [3.63, 3.8) is 0 Å². The van der Waals surface area contributed by atoms with Crippen molar-refractivity contribution in [2.45, 2.75) is 70.2 Å². The highest BCUT2D eigenvalue weighted by Crippen LogP contribution is 2.32. The van der Waals surface area contributed by atoms with Crippen molar-refractivity contribution in [2.75, 3.05) is 24.5 Å². The van der Waals surface area contributed by atoms with Gasteiger partial charge in [-0.2, -0.15) is 4.31 Å². The van der Waals surface area contributed by atoms with Crippen LogP contribution in [-0.2, 0) is 26.0 Å². The van der Waals surface area contributed by atoms with Gasteiger partial charge in [-0.15, -0.1) is 0 Å². The van der Waals surface area contributed by atoms with Crippen LogP contribution >= 0.6 is 0 Å². The Morgan fingerprint density at radius 2 is 1.87 bits per heavy atom. The minimum absolute atomic E-state index is 0.0641. The van der Waals surface area contributed by atoms with Gasteiger partial charge in [0.2, 0.25) is 21.8 Å². The summed E-state index contributed by atoms with van der Waals surface area (Å²) in [6.45, 7) is 9.03. The van der Waals surface area contributed by atoms with E-state index in [-0.39, 0.29) is 35.2 Å². The topological polar surface area (TPSA) is 86.8 Å². The third-order valence-corrected chi connectivity index (χ3v) is 8.19. The van der Waals surface area contributed by atoms with Gasteiger partial charge in [-0.3, -0.25) is 9.59 Å². The molecule has 2 aliphatic heterocycles. The maximum absolute atomic E-state index is 13.1. The number of rotatable bonds is 6. The molecule has 0 radical (unpaired) electrons. The molecule has 1 aromatic rings. The number of piperidine rings is 1. The highest BCUT2D eigenvalue weighted by Gasteiger charge is 2.32. The number of anilines is 1. The molecule has 1 saturated heterocycles. The van der Waals surface area contributed by atoms with Crippen LogP contribution < -0.4 is 10.2 Å². The molecule has 30 heavy (non-hydrogen) atoms. The molecule has 3 rings (SSSR count). The molecule has 1 N–H and O–H groups in total. The van der Waals surface area contributed by atoms with Gasteiger partial charge in [0.1, 0.15) is 6.54 Å². The molecule has 2 heterocycles. The van der Waals surface area contributed by atoms with Gasteiger partial charge in [0.05, 0.1) is 4.90 Å². The van der Waals surface area contributed by atoms with Crippen molar-refractivity contribution in [1.29, 1.82) is 0 Å². The first-order valence-corrected chi connectivity index (χ1v) is 12.2. The maximum atomic E-state index is 13.1. The van der Waals surface area contributed by atoms with Gasteiger partial charge >= 0.3 is 0 Å². The van der Waals surface area contributed by atoms with Gasteiger partial charge in [0, 0.05) is 30.7 Å². The van der Waals surface area contributed by atoms with E-state index in [0.29, 0.717) is 31.1 Å². The molecule has 1 aromatic carbocycles. The van der Waals surface area contributed by atoms with Crippen LogP contribution in [0.25, 0.3) is 0 Å². The number of fused-ring (bicyclic) bond motifs is 1. The van der Waals surface area contributed by atoms with Crippen LogP contribution in [0, 0.1) is 5.92 Å². The van der Waals surface area contributed by atoms with E-state index in [9.17, 15) is 18.0 Å². The number of sulfonamides is 1. The zero-order valence-corrected chi connectivity index (χ0v) is 19.2. The van der Waals surface area contributed by atoms with Crippen LogP contribution in [0.5, 0.6) is 0 Å².